The SMILES string of the molecule is FC1(F)CCCC(CNC(c2ccc(Cl)cc2Cl)c2nnnn2C2CC(F)(F)C2)C1. The van der Waals surface area contributed by atoms with Gasteiger partial charge in [-0.05, 0) is 53.4 Å². The first-order valence-electron chi connectivity index (χ1n) is 9.85. The standard InChI is InChI=1S/C19H21Cl2F4N5/c20-12-3-4-14(15(21)6-12)16(26-10-11-2-1-5-18(22,23)7-11)17-27-28-29-30(17)13-8-19(24,25)9-13/h3-4,6,11,13,16,26H,1-2,5,7-10H2. The van der Waals surface area contributed by atoms with Gasteiger partial charge in [-0.15, -0.1) is 5.10 Å². The van der Waals surface area contributed by atoms with Gasteiger partial charge in [-0.3, -0.25) is 0 Å². The zero-order valence-electron chi connectivity index (χ0n) is 16.0. The molecule has 2 aliphatic rings. The Kier molecular flexibility index (Phi) is 5.98. The van der Waals surface area contributed by atoms with Gasteiger partial charge in [0.25, 0.3) is 5.92 Å². The van der Waals surface area contributed by atoms with Crippen LogP contribution in [0.3, 0.4) is 0 Å². The van der Waals surface area contributed by atoms with Crippen LogP contribution in [0.25, 0.3) is 0 Å². The van der Waals surface area contributed by atoms with Crippen molar-refractivity contribution >= 4 is 23.2 Å². The quantitative estimate of drug-likeness (QED) is 0.575. The van der Waals surface area contributed by atoms with E-state index in [9.17, 15) is 17.6 Å². The number of hydrogen-bond acceptors (Lipinski definition) is 4. The van der Waals surface area contributed by atoms with Crippen LogP contribution in [0.2, 0.25) is 10.0 Å². The molecule has 1 aromatic carbocycles. The lowest BCUT2D eigenvalue weighted by Crippen LogP contribution is -2.40. The first-order chi connectivity index (χ1) is 14.1. The average molecular weight is 466 g/mol. The summed E-state index contributed by atoms with van der Waals surface area (Å²) in [4.78, 5) is 0. The lowest BCUT2D eigenvalue weighted by Gasteiger charge is -2.36. The number of hydrogen-bond donors (Lipinski definition) is 1. The minimum atomic E-state index is -2.73. The zero-order valence-corrected chi connectivity index (χ0v) is 17.5. The van der Waals surface area contributed by atoms with Crippen LogP contribution in [0.15, 0.2) is 18.2 Å². The zero-order chi connectivity index (χ0) is 21.5. The van der Waals surface area contributed by atoms with E-state index in [1.807, 2.05) is 0 Å². The second kappa shape index (κ2) is 8.24. The Balaban J connectivity index is 1.60. The number of nitrogens with one attached hydrogen (secondary N) is 1. The first-order valence-corrected chi connectivity index (χ1v) is 10.6. The van der Waals surface area contributed by atoms with Crippen molar-refractivity contribution in [2.75, 3.05) is 6.54 Å². The number of halogens is 6. The highest BCUT2D eigenvalue weighted by atomic mass is 35.5. The lowest BCUT2D eigenvalue weighted by atomic mass is 9.86. The molecule has 0 saturated heterocycles. The number of benzene rings is 1. The minimum absolute atomic E-state index is 0.0932. The van der Waals surface area contributed by atoms with Crippen molar-refractivity contribution in [3.05, 3.63) is 39.6 Å². The van der Waals surface area contributed by atoms with Gasteiger partial charge in [-0.2, -0.15) is 0 Å². The van der Waals surface area contributed by atoms with Crippen LogP contribution in [0.4, 0.5) is 17.6 Å². The van der Waals surface area contributed by atoms with Crippen LogP contribution < -0.4 is 5.32 Å². The monoisotopic (exact) mass is 465 g/mol. The smallest absolute Gasteiger partial charge is 0.252 e. The molecule has 2 fully saturated rings. The highest BCUT2D eigenvalue weighted by Gasteiger charge is 2.48. The van der Waals surface area contributed by atoms with E-state index < -0.39 is 23.9 Å². The molecule has 0 bridgehead atoms. The Morgan fingerprint density at radius 1 is 1.13 bits per heavy atom. The predicted molar refractivity (Wildman–Crippen MR) is 104 cm³/mol. The Labute approximate surface area is 181 Å². The molecule has 2 aliphatic carbocycles. The van der Waals surface area contributed by atoms with Crippen LogP contribution in [-0.2, 0) is 0 Å². The van der Waals surface area contributed by atoms with Crippen LogP contribution in [0.1, 0.15) is 62.0 Å². The molecule has 5 nitrogen and oxygen atoms in total. The van der Waals surface area contributed by atoms with Gasteiger partial charge in [-0.25, -0.2) is 22.2 Å². The maximum absolute atomic E-state index is 13.8. The highest BCUT2D eigenvalue weighted by molar-refractivity contribution is 6.35. The summed E-state index contributed by atoms with van der Waals surface area (Å²) in [5.74, 6) is -5.30. The molecule has 1 heterocycles. The Hall–Kier alpha value is -1.45. The predicted octanol–water partition coefficient (Wildman–Crippen LogP) is 5.45. The molecule has 2 unspecified atom stereocenters. The second-order valence-corrected chi connectivity index (χ2v) is 9.07. The number of tetrazole rings is 1. The van der Waals surface area contributed by atoms with Gasteiger partial charge in [0.15, 0.2) is 5.82 Å². The van der Waals surface area contributed by atoms with Crippen LogP contribution in [0, 0.1) is 5.92 Å². The summed E-state index contributed by atoms with van der Waals surface area (Å²) >= 11 is 12.4. The molecule has 0 amide bonds. The summed E-state index contributed by atoms with van der Waals surface area (Å²) in [6.45, 7) is 0.299. The first kappa shape index (κ1) is 21.8. The van der Waals surface area contributed by atoms with E-state index >= 15 is 0 Å². The topological polar surface area (TPSA) is 55.6 Å². The molecule has 2 saturated carbocycles. The summed E-state index contributed by atoms with van der Waals surface area (Å²) in [7, 11) is 0. The van der Waals surface area contributed by atoms with Crippen molar-refractivity contribution in [1.29, 1.82) is 0 Å². The van der Waals surface area contributed by atoms with E-state index in [0.717, 1.165) is 0 Å². The summed E-state index contributed by atoms with van der Waals surface area (Å²) < 4.78 is 55.8. The molecule has 1 aromatic heterocycles. The van der Waals surface area contributed by atoms with Gasteiger partial charge < -0.3 is 5.32 Å². The molecular formula is C19H21Cl2F4N5. The molecule has 30 heavy (non-hydrogen) atoms. The highest BCUT2D eigenvalue weighted by Crippen LogP contribution is 2.46. The van der Waals surface area contributed by atoms with Gasteiger partial charge >= 0.3 is 0 Å². The van der Waals surface area contributed by atoms with E-state index in [0.29, 0.717) is 40.8 Å². The molecule has 0 aliphatic heterocycles. The van der Waals surface area contributed by atoms with Crippen LogP contribution in [-0.4, -0.2) is 38.6 Å². The van der Waals surface area contributed by atoms with Crippen LogP contribution >= 0.6 is 23.2 Å². The number of alkyl halides is 4. The van der Waals surface area contributed by atoms with Gasteiger partial charge in [0.05, 0.1) is 12.1 Å². The molecular weight excluding hydrogens is 445 g/mol. The molecule has 2 atom stereocenters. The van der Waals surface area contributed by atoms with Gasteiger partial charge in [0.2, 0.25) is 5.92 Å². The van der Waals surface area contributed by atoms with E-state index in [-0.39, 0.29) is 31.6 Å². The van der Waals surface area contributed by atoms with Crippen molar-refractivity contribution < 1.29 is 17.6 Å². The maximum Gasteiger partial charge on any atom is 0.252 e. The summed E-state index contributed by atoms with van der Waals surface area (Å²) in [5.41, 5.74) is 0.603. The van der Waals surface area contributed by atoms with Gasteiger partial charge in [0, 0.05) is 35.7 Å². The Morgan fingerprint density at radius 3 is 2.57 bits per heavy atom. The third kappa shape index (κ3) is 4.73. The summed E-state index contributed by atoms with van der Waals surface area (Å²) in [5, 5.41) is 15.7. The third-order valence-electron chi connectivity index (χ3n) is 5.82. The maximum atomic E-state index is 13.8. The molecule has 4 rings (SSSR count). The van der Waals surface area contributed by atoms with Crippen LogP contribution in [0.5, 0.6) is 0 Å². The number of aromatic nitrogens is 4. The fraction of sp³-hybridized carbons (Fsp3) is 0.632. The molecule has 2 aromatic rings. The third-order valence-corrected chi connectivity index (χ3v) is 6.38. The fourth-order valence-electron chi connectivity index (χ4n) is 4.26. The summed E-state index contributed by atoms with van der Waals surface area (Å²) in [6.07, 6.45) is 0.164. The van der Waals surface area contributed by atoms with Gasteiger partial charge in [-0.1, -0.05) is 29.3 Å². The molecule has 0 radical (unpaired) electrons. The Bertz CT molecular complexity index is 899. The van der Waals surface area contributed by atoms with E-state index in [1.165, 1.54) is 4.68 Å². The second-order valence-electron chi connectivity index (χ2n) is 8.23. The van der Waals surface area contributed by atoms with E-state index in [2.05, 4.69) is 20.8 Å². The van der Waals surface area contributed by atoms with Crippen molar-refractivity contribution in [3.8, 4) is 0 Å². The fourth-order valence-corrected chi connectivity index (χ4v) is 4.78. The molecule has 164 valence electrons. The number of rotatable bonds is 6. The normalized spacial score (nSPS) is 24.4. The number of nitrogens with zero attached hydrogens (tertiary/aromatic N) is 4. The molecule has 11 heteroatoms. The van der Waals surface area contributed by atoms with Gasteiger partial charge in [0.1, 0.15) is 0 Å². The summed E-state index contributed by atoms with van der Waals surface area (Å²) in [6, 6.07) is 3.74. The average Bonchev–Trinajstić information content (AvgIpc) is 3.09. The molecule has 1 N–H and O–H groups in total. The van der Waals surface area contributed by atoms with Crippen molar-refractivity contribution in [2.24, 2.45) is 5.92 Å². The van der Waals surface area contributed by atoms with Crippen molar-refractivity contribution in [1.82, 2.24) is 25.5 Å². The lowest BCUT2D eigenvalue weighted by molar-refractivity contribution is -0.108. The Morgan fingerprint density at radius 2 is 1.90 bits per heavy atom. The largest absolute Gasteiger partial charge is 0.303 e. The van der Waals surface area contributed by atoms with Crippen molar-refractivity contribution in [3.63, 3.8) is 0 Å². The molecule has 0 spiro atoms. The van der Waals surface area contributed by atoms with E-state index in [4.69, 9.17) is 23.2 Å². The van der Waals surface area contributed by atoms with Crippen molar-refractivity contribution in [2.45, 2.75) is 62.5 Å². The van der Waals surface area contributed by atoms with E-state index in [1.54, 1.807) is 18.2 Å². The minimum Gasteiger partial charge on any atom is -0.303 e.